The molecule has 2 aromatic heterocycles. The first-order valence-corrected chi connectivity index (χ1v) is 9.18. The highest BCUT2D eigenvalue weighted by atomic mass is 79.9. The van der Waals surface area contributed by atoms with Crippen molar-refractivity contribution < 1.29 is 12.8 Å². The monoisotopic (exact) mass is 447 g/mol. The lowest BCUT2D eigenvalue weighted by molar-refractivity contribution is 0.399. The van der Waals surface area contributed by atoms with Crippen molar-refractivity contribution in [2.75, 3.05) is 7.05 Å². The summed E-state index contributed by atoms with van der Waals surface area (Å²) in [5.41, 5.74) is 0. The predicted octanol–water partition coefficient (Wildman–Crippen LogP) is 4.34. The van der Waals surface area contributed by atoms with Crippen LogP contribution in [-0.2, 0) is 16.6 Å². The van der Waals surface area contributed by atoms with Gasteiger partial charge in [0, 0.05) is 7.05 Å². The number of thiophene rings is 1. The summed E-state index contributed by atoms with van der Waals surface area (Å²) in [5.74, 6) is 0.555. The van der Waals surface area contributed by atoms with Crippen LogP contribution in [0.25, 0.3) is 0 Å². The molecule has 0 saturated carbocycles. The molecule has 0 bridgehead atoms. The topological polar surface area (TPSA) is 50.5 Å². The minimum Gasteiger partial charge on any atom is -0.453 e. The molecule has 19 heavy (non-hydrogen) atoms. The van der Waals surface area contributed by atoms with Crippen LogP contribution in [0.5, 0.6) is 0 Å². The van der Waals surface area contributed by atoms with Crippen LogP contribution in [-0.4, -0.2) is 19.8 Å². The molecule has 0 radical (unpaired) electrons. The molecule has 0 atom stereocenters. The van der Waals surface area contributed by atoms with Gasteiger partial charge in [-0.25, -0.2) is 8.42 Å². The zero-order chi connectivity index (χ0) is 14.2. The molecule has 0 aliphatic heterocycles. The fraction of sp³-hybridized carbons (Fsp3) is 0.200. The Balaban J connectivity index is 2.24. The van der Waals surface area contributed by atoms with Crippen molar-refractivity contribution >= 4 is 64.8 Å². The van der Waals surface area contributed by atoms with E-state index < -0.39 is 10.0 Å². The Bertz CT molecular complexity index is 676. The summed E-state index contributed by atoms with van der Waals surface area (Å²) >= 11 is 13.3. The molecule has 2 rings (SSSR count). The molecule has 4 nitrogen and oxygen atoms in total. The summed E-state index contributed by atoms with van der Waals surface area (Å²) in [6.07, 6.45) is 0. The normalized spacial score (nSPS) is 12.3. The van der Waals surface area contributed by atoms with E-state index in [9.17, 15) is 8.42 Å². The van der Waals surface area contributed by atoms with Crippen LogP contribution >= 0.6 is 54.8 Å². The molecule has 0 aliphatic rings. The highest BCUT2D eigenvalue weighted by molar-refractivity contribution is 9.11. The van der Waals surface area contributed by atoms with Crippen molar-refractivity contribution in [2.45, 2.75) is 10.8 Å². The first-order chi connectivity index (χ1) is 8.80. The van der Waals surface area contributed by atoms with Crippen LogP contribution in [0.2, 0.25) is 5.02 Å². The van der Waals surface area contributed by atoms with Crippen molar-refractivity contribution in [3.63, 3.8) is 0 Å². The second-order valence-electron chi connectivity index (χ2n) is 3.65. The molecule has 0 aliphatic carbocycles. The lowest BCUT2D eigenvalue weighted by Gasteiger charge is -2.14. The smallest absolute Gasteiger partial charge is 0.252 e. The quantitative estimate of drug-likeness (QED) is 0.698. The number of hydrogen-bond donors (Lipinski definition) is 0. The fourth-order valence-corrected chi connectivity index (χ4v) is 5.44. The maximum atomic E-state index is 12.3. The third-order valence-corrected chi connectivity index (χ3v) is 7.45. The van der Waals surface area contributed by atoms with Gasteiger partial charge in [-0.2, -0.15) is 4.31 Å². The van der Waals surface area contributed by atoms with Gasteiger partial charge in [-0.1, -0.05) is 11.6 Å². The number of sulfonamides is 1. The van der Waals surface area contributed by atoms with Crippen molar-refractivity contribution in [1.29, 1.82) is 0 Å². The van der Waals surface area contributed by atoms with Crippen LogP contribution < -0.4 is 0 Å². The van der Waals surface area contributed by atoms with E-state index in [1.54, 1.807) is 12.1 Å². The van der Waals surface area contributed by atoms with Crippen LogP contribution in [0.15, 0.2) is 35.3 Å². The van der Waals surface area contributed by atoms with E-state index in [1.165, 1.54) is 17.4 Å². The number of nitrogens with zero attached hydrogens (tertiary/aromatic N) is 1. The van der Waals surface area contributed by atoms with Gasteiger partial charge >= 0.3 is 0 Å². The third-order valence-electron chi connectivity index (χ3n) is 2.29. The molecule has 0 saturated heterocycles. The summed E-state index contributed by atoms with van der Waals surface area (Å²) < 4.78 is 32.5. The van der Waals surface area contributed by atoms with Gasteiger partial charge in [-0.05, 0) is 50.1 Å². The Morgan fingerprint density at radius 2 is 2.11 bits per heavy atom. The van der Waals surface area contributed by atoms with Gasteiger partial charge in [0.25, 0.3) is 10.0 Å². The van der Waals surface area contributed by atoms with Crippen LogP contribution in [0.1, 0.15) is 5.76 Å². The Kier molecular flexibility index (Phi) is 4.79. The van der Waals surface area contributed by atoms with Crippen molar-refractivity contribution in [3.8, 4) is 0 Å². The van der Waals surface area contributed by atoms with E-state index in [2.05, 4.69) is 31.9 Å². The second-order valence-corrected chi connectivity index (χ2v) is 9.48. The molecule has 0 spiro atoms. The zero-order valence-electron chi connectivity index (χ0n) is 9.56. The van der Waals surface area contributed by atoms with Crippen molar-refractivity contribution in [3.05, 3.63) is 37.4 Å². The van der Waals surface area contributed by atoms with Gasteiger partial charge in [0.15, 0.2) is 4.67 Å². The first-order valence-electron chi connectivity index (χ1n) is 4.96. The van der Waals surface area contributed by atoms with E-state index in [-0.39, 0.29) is 10.8 Å². The van der Waals surface area contributed by atoms with Gasteiger partial charge < -0.3 is 4.42 Å². The average Bonchev–Trinajstić information content (AvgIpc) is 2.87. The van der Waals surface area contributed by atoms with E-state index in [0.717, 1.165) is 11.3 Å². The van der Waals surface area contributed by atoms with Gasteiger partial charge in [0.05, 0.1) is 15.4 Å². The molecule has 0 aromatic carbocycles. The fourth-order valence-electron chi connectivity index (χ4n) is 1.35. The minimum atomic E-state index is -3.57. The van der Waals surface area contributed by atoms with Crippen LogP contribution in [0, 0.1) is 0 Å². The first kappa shape index (κ1) is 15.5. The molecule has 0 amide bonds. The van der Waals surface area contributed by atoms with Gasteiger partial charge in [0.1, 0.15) is 9.97 Å². The average molecular weight is 450 g/mol. The molecule has 9 heteroatoms. The zero-order valence-corrected chi connectivity index (χ0v) is 15.1. The van der Waals surface area contributed by atoms with E-state index in [4.69, 9.17) is 16.0 Å². The summed E-state index contributed by atoms with van der Waals surface area (Å²) in [5, 5.41) is 0.387. The number of halogens is 3. The highest BCUT2D eigenvalue weighted by Crippen LogP contribution is 2.36. The van der Waals surface area contributed by atoms with Gasteiger partial charge in [0.2, 0.25) is 0 Å². The second kappa shape index (κ2) is 5.87. The molecule has 0 N–H and O–H groups in total. The van der Waals surface area contributed by atoms with Crippen molar-refractivity contribution in [1.82, 2.24) is 4.31 Å². The summed E-state index contributed by atoms with van der Waals surface area (Å²) in [4.78, 5) is 0. The third kappa shape index (κ3) is 3.43. The number of furan rings is 1. The SMILES string of the molecule is CN(Cc1ccc(Br)o1)S(=O)(=O)c1cc(Cl)c(Br)s1. The maximum Gasteiger partial charge on any atom is 0.252 e. The summed E-state index contributed by atoms with van der Waals surface area (Å²) in [6, 6.07) is 4.86. The largest absolute Gasteiger partial charge is 0.453 e. The lowest BCUT2D eigenvalue weighted by Crippen LogP contribution is -2.25. The van der Waals surface area contributed by atoms with Crippen molar-refractivity contribution in [2.24, 2.45) is 0 Å². The molecular formula is C10H8Br2ClNO3S2. The number of rotatable bonds is 4. The standard InChI is InChI=1S/C10H8Br2ClNO3S2/c1-14(5-6-2-3-8(11)17-6)19(15,16)9-4-7(13)10(12)18-9/h2-4H,5H2,1H3. The minimum absolute atomic E-state index is 0.154. The Hall–Kier alpha value is 0.140. The Morgan fingerprint density at radius 3 is 2.58 bits per heavy atom. The lowest BCUT2D eigenvalue weighted by atomic mass is 10.4. The highest BCUT2D eigenvalue weighted by Gasteiger charge is 2.25. The number of hydrogen-bond acceptors (Lipinski definition) is 4. The van der Waals surface area contributed by atoms with Gasteiger partial charge in [-0.3, -0.25) is 0 Å². The Labute approximate surface area is 136 Å². The molecule has 104 valence electrons. The molecular weight excluding hydrogens is 442 g/mol. The molecule has 2 aromatic rings. The molecule has 0 fully saturated rings. The Morgan fingerprint density at radius 1 is 1.42 bits per heavy atom. The van der Waals surface area contributed by atoms with E-state index in [0.29, 0.717) is 19.2 Å². The summed E-state index contributed by atoms with van der Waals surface area (Å²) in [6.45, 7) is 0.154. The van der Waals surface area contributed by atoms with E-state index >= 15 is 0 Å². The predicted molar refractivity (Wildman–Crippen MR) is 82.1 cm³/mol. The molecule has 2 heterocycles. The van der Waals surface area contributed by atoms with E-state index in [1.807, 2.05) is 0 Å². The van der Waals surface area contributed by atoms with Crippen LogP contribution in [0.4, 0.5) is 0 Å². The molecule has 0 unspecified atom stereocenters. The van der Waals surface area contributed by atoms with Crippen LogP contribution in [0.3, 0.4) is 0 Å². The maximum absolute atomic E-state index is 12.3. The summed E-state index contributed by atoms with van der Waals surface area (Å²) in [7, 11) is -2.07. The van der Waals surface area contributed by atoms with Gasteiger partial charge in [-0.15, -0.1) is 11.3 Å².